The fourth-order valence-electron chi connectivity index (χ4n) is 1.65. The fourth-order valence-corrected chi connectivity index (χ4v) is 1.65. The number of ether oxygens (including phenoxy) is 1. The summed E-state index contributed by atoms with van der Waals surface area (Å²) in [6, 6.07) is 18.8. The maximum absolute atomic E-state index is 11.3. The van der Waals surface area contributed by atoms with Crippen molar-refractivity contribution in [3.8, 4) is 5.75 Å². The molecule has 0 saturated heterocycles. The van der Waals surface area contributed by atoms with Crippen molar-refractivity contribution in [2.24, 2.45) is 0 Å². The summed E-state index contributed by atoms with van der Waals surface area (Å²) in [5.74, 6) is 0.686. The van der Waals surface area contributed by atoms with Crippen molar-refractivity contribution in [1.29, 1.82) is 0 Å². The van der Waals surface area contributed by atoms with E-state index in [-0.39, 0.29) is 0 Å². The van der Waals surface area contributed by atoms with Crippen LogP contribution < -0.4 is 4.74 Å². The highest BCUT2D eigenvalue weighted by molar-refractivity contribution is 5.66. The van der Waals surface area contributed by atoms with Gasteiger partial charge in [0.15, 0.2) is 11.9 Å². The van der Waals surface area contributed by atoms with E-state index in [1.54, 1.807) is 6.92 Å². The molecular formula is C15H14O2. The lowest BCUT2D eigenvalue weighted by molar-refractivity contribution is -0.120. The maximum atomic E-state index is 11.3. The molecular weight excluding hydrogens is 212 g/mol. The molecule has 0 aliphatic rings. The summed E-state index contributed by atoms with van der Waals surface area (Å²) in [5.41, 5.74) is -0.0957. The first-order valence-electron chi connectivity index (χ1n) is 5.50. The standard InChI is InChI=1S/C15H14O2/c1-15(12-16,13-8-4-2-5-9-13)17-14-10-6-3-7-11-14/h2-12H,1H3. The van der Waals surface area contributed by atoms with Crippen LogP contribution in [0.3, 0.4) is 0 Å². The molecule has 0 N–H and O–H groups in total. The number of carbonyl (C=O) groups is 1. The monoisotopic (exact) mass is 226 g/mol. The van der Waals surface area contributed by atoms with Gasteiger partial charge < -0.3 is 4.74 Å². The Morgan fingerprint density at radius 2 is 1.47 bits per heavy atom. The van der Waals surface area contributed by atoms with E-state index in [9.17, 15) is 4.79 Å². The molecule has 0 aliphatic heterocycles. The third-order valence-corrected chi connectivity index (χ3v) is 2.64. The number of aldehydes is 1. The summed E-state index contributed by atoms with van der Waals surface area (Å²) in [4.78, 5) is 11.3. The Bertz CT molecular complexity index is 479. The minimum absolute atomic E-state index is 0.686. The van der Waals surface area contributed by atoms with Crippen molar-refractivity contribution in [1.82, 2.24) is 0 Å². The molecule has 0 aliphatic carbocycles. The van der Waals surface area contributed by atoms with Gasteiger partial charge in [0, 0.05) is 5.56 Å². The first-order chi connectivity index (χ1) is 8.24. The molecule has 17 heavy (non-hydrogen) atoms. The summed E-state index contributed by atoms with van der Waals surface area (Å²) >= 11 is 0. The van der Waals surface area contributed by atoms with Crippen LogP contribution in [0.15, 0.2) is 60.7 Å². The normalized spacial score (nSPS) is 13.7. The minimum Gasteiger partial charge on any atom is -0.475 e. The average Bonchev–Trinajstić information content (AvgIpc) is 2.41. The van der Waals surface area contributed by atoms with Crippen LogP contribution in [-0.4, -0.2) is 6.29 Å². The van der Waals surface area contributed by atoms with Crippen molar-refractivity contribution in [2.45, 2.75) is 12.5 Å². The second-order valence-electron chi connectivity index (χ2n) is 4.01. The molecule has 0 amide bonds. The lowest BCUT2D eigenvalue weighted by atomic mass is 9.97. The zero-order chi connectivity index (χ0) is 12.1. The molecule has 0 saturated carbocycles. The lowest BCUT2D eigenvalue weighted by Crippen LogP contribution is -2.31. The average molecular weight is 226 g/mol. The van der Waals surface area contributed by atoms with E-state index in [1.165, 1.54) is 0 Å². The van der Waals surface area contributed by atoms with Crippen molar-refractivity contribution < 1.29 is 9.53 Å². The zero-order valence-electron chi connectivity index (χ0n) is 9.67. The van der Waals surface area contributed by atoms with Crippen molar-refractivity contribution >= 4 is 6.29 Å². The lowest BCUT2D eigenvalue weighted by Gasteiger charge is -2.25. The molecule has 1 unspecified atom stereocenters. The van der Waals surface area contributed by atoms with E-state index in [2.05, 4.69) is 0 Å². The van der Waals surface area contributed by atoms with Gasteiger partial charge in [0.25, 0.3) is 0 Å². The van der Waals surface area contributed by atoms with Crippen molar-refractivity contribution in [2.75, 3.05) is 0 Å². The molecule has 0 radical (unpaired) electrons. The molecule has 0 aromatic heterocycles. The number of hydrogen-bond donors (Lipinski definition) is 0. The summed E-state index contributed by atoms with van der Waals surface area (Å²) in [6.07, 6.45) is 0.829. The topological polar surface area (TPSA) is 26.3 Å². The summed E-state index contributed by atoms with van der Waals surface area (Å²) in [5, 5.41) is 0. The van der Waals surface area contributed by atoms with Crippen molar-refractivity contribution in [3.63, 3.8) is 0 Å². The van der Waals surface area contributed by atoms with Crippen LogP contribution >= 0.6 is 0 Å². The zero-order valence-corrected chi connectivity index (χ0v) is 9.67. The summed E-state index contributed by atoms with van der Waals surface area (Å²) in [6.45, 7) is 1.77. The Morgan fingerprint density at radius 1 is 0.941 bits per heavy atom. The molecule has 1 atom stereocenters. The second-order valence-corrected chi connectivity index (χ2v) is 4.01. The van der Waals surface area contributed by atoms with Crippen LogP contribution in [0.25, 0.3) is 0 Å². The number of hydrogen-bond acceptors (Lipinski definition) is 2. The predicted octanol–water partition coefficient (Wildman–Crippen LogP) is 3.18. The Labute approximate surface area is 101 Å². The third kappa shape index (κ3) is 2.53. The van der Waals surface area contributed by atoms with Crippen LogP contribution in [0.5, 0.6) is 5.75 Å². The number of carbonyl (C=O) groups excluding carboxylic acids is 1. The predicted molar refractivity (Wildman–Crippen MR) is 66.9 cm³/mol. The highest BCUT2D eigenvalue weighted by atomic mass is 16.5. The van der Waals surface area contributed by atoms with Gasteiger partial charge in [-0.2, -0.15) is 0 Å². The van der Waals surface area contributed by atoms with E-state index in [0.29, 0.717) is 5.75 Å². The molecule has 2 heteroatoms. The van der Waals surface area contributed by atoms with E-state index in [1.807, 2.05) is 60.7 Å². The smallest absolute Gasteiger partial charge is 0.186 e. The minimum atomic E-state index is -0.942. The highest BCUT2D eigenvalue weighted by Crippen LogP contribution is 2.25. The SMILES string of the molecule is CC(C=O)(Oc1ccccc1)c1ccccc1. The van der Waals surface area contributed by atoms with E-state index in [4.69, 9.17) is 4.74 Å². The third-order valence-electron chi connectivity index (χ3n) is 2.64. The Hall–Kier alpha value is -2.09. The van der Waals surface area contributed by atoms with Gasteiger partial charge in [-0.25, -0.2) is 0 Å². The van der Waals surface area contributed by atoms with Crippen LogP contribution in [0.1, 0.15) is 12.5 Å². The Kier molecular flexibility index (Phi) is 3.24. The molecule has 0 spiro atoms. The maximum Gasteiger partial charge on any atom is 0.186 e. The Balaban J connectivity index is 2.30. The molecule has 2 aromatic rings. The van der Waals surface area contributed by atoms with Crippen LogP contribution in [0, 0.1) is 0 Å². The van der Waals surface area contributed by atoms with Crippen LogP contribution in [0.2, 0.25) is 0 Å². The van der Waals surface area contributed by atoms with E-state index >= 15 is 0 Å². The quantitative estimate of drug-likeness (QED) is 0.748. The molecule has 0 heterocycles. The Morgan fingerprint density at radius 3 is 2.00 bits per heavy atom. The van der Waals surface area contributed by atoms with Gasteiger partial charge >= 0.3 is 0 Å². The van der Waals surface area contributed by atoms with Gasteiger partial charge in [-0.15, -0.1) is 0 Å². The first-order valence-corrected chi connectivity index (χ1v) is 5.50. The van der Waals surface area contributed by atoms with Gasteiger partial charge in [0.1, 0.15) is 5.75 Å². The molecule has 2 rings (SSSR count). The molecule has 0 bridgehead atoms. The van der Waals surface area contributed by atoms with Crippen LogP contribution in [0.4, 0.5) is 0 Å². The molecule has 2 aromatic carbocycles. The summed E-state index contributed by atoms with van der Waals surface area (Å²) in [7, 11) is 0. The van der Waals surface area contributed by atoms with Gasteiger partial charge in [0.05, 0.1) is 0 Å². The van der Waals surface area contributed by atoms with E-state index in [0.717, 1.165) is 11.8 Å². The highest BCUT2D eigenvalue weighted by Gasteiger charge is 2.27. The fraction of sp³-hybridized carbons (Fsp3) is 0.133. The molecule has 86 valence electrons. The number of rotatable bonds is 4. The van der Waals surface area contributed by atoms with E-state index < -0.39 is 5.60 Å². The van der Waals surface area contributed by atoms with Gasteiger partial charge in [-0.1, -0.05) is 48.5 Å². The molecule has 0 fully saturated rings. The summed E-state index contributed by atoms with van der Waals surface area (Å²) < 4.78 is 5.77. The van der Waals surface area contributed by atoms with Gasteiger partial charge in [0.2, 0.25) is 0 Å². The molecule has 2 nitrogen and oxygen atoms in total. The largest absolute Gasteiger partial charge is 0.475 e. The number of para-hydroxylation sites is 1. The van der Waals surface area contributed by atoms with Gasteiger partial charge in [-0.05, 0) is 19.1 Å². The second kappa shape index (κ2) is 4.83. The number of benzene rings is 2. The van der Waals surface area contributed by atoms with Gasteiger partial charge in [-0.3, -0.25) is 4.79 Å². The first kappa shape index (κ1) is 11.4. The van der Waals surface area contributed by atoms with Crippen molar-refractivity contribution in [3.05, 3.63) is 66.2 Å². The van der Waals surface area contributed by atoms with Crippen LogP contribution in [-0.2, 0) is 10.4 Å².